The number of esters is 1. The number of carbonyl (C=O) groups is 2. The number of carbonyl (C=O) groups excluding carboxylic acids is 2. The Morgan fingerprint density at radius 1 is 1.06 bits per heavy atom. The molecule has 90 valence electrons. The van der Waals surface area contributed by atoms with E-state index in [4.69, 9.17) is 16.3 Å². The van der Waals surface area contributed by atoms with E-state index in [1.165, 1.54) is 0 Å². The minimum atomic E-state index is -0.337. The summed E-state index contributed by atoms with van der Waals surface area (Å²) >= 11 is 5.67. The standard InChI is InChI=1S/C12H17ClO3/c1-2-16-10(15)12-6-3-11(4-7-12,5-8-12)9(13)14/h2-8H2,1H3. The summed E-state index contributed by atoms with van der Waals surface area (Å²) in [7, 11) is 0. The van der Waals surface area contributed by atoms with E-state index in [-0.39, 0.29) is 22.0 Å². The Hall–Kier alpha value is -0.570. The van der Waals surface area contributed by atoms with Crippen LogP contribution in [0.15, 0.2) is 0 Å². The fourth-order valence-electron chi connectivity index (χ4n) is 3.07. The van der Waals surface area contributed by atoms with Gasteiger partial charge < -0.3 is 4.74 Å². The maximum atomic E-state index is 11.9. The molecule has 2 bridgehead atoms. The molecule has 0 N–H and O–H groups in total. The second kappa shape index (κ2) is 4.02. The van der Waals surface area contributed by atoms with E-state index in [0.717, 1.165) is 38.5 Å². The van der Waals surface area contributed by atoms with Crippen molar-refractivity contribution in [3.05, 3.63) is 0 Å². The van der Waals surface area contributed by atoms with E-state index in [2.05, 4.69) is 0 Å². The highest BCUT2D eigenvalue weighted by Gasteiger charge is 2.55. The quantitative estimate of drug-likeness (QED) is 0.566. The number of ether oxygens (including phenoxy) is 1. The summed E-state index contributed by atoms with van der Waals surface area (Å²) in [5.41, 5.74) is -0.653. The van der Waals surface area contributed by atoms with E-state index in [9.17, 15) is 9.59 Å². The van der Waals surface area contributed by atoms with E-state index in [0.29, 0.717) is 6.61 Å². The zero-order chi connectivity index (χ0) is 11.8. The topological polar surface area (TPSA) is 43.4 Å². The molecule has 0 atom stereocenters. The smallest absolute Gasteiger partial charge is 0.312 e. The molecule has 0 aromatic heterocycles. The second-order valence-electron chi connectivity index (χ2n) is 5.05. The number of rotatable bonds is 3. The Labute approximate surface area is 100 Å². The van der Waals surface area contributed by atoms with E-state index >= 15 is 0 Å². The largest absolute Gasteiger partial charge is 0.466 e. The molecule has 3 aliphatic carbocycles. The van der Waals surface area contributed by atoms with Crippen molar-refractivity contribution in [1.82, 2.24) is 0 Å². The lowest BCUT2D eigenvalue weighted by atomic mass is 9.54. The molecule has 0 amide bonds. The van der Waals surface area contributed by atoms with Crippen LogP contribution in [-0.4, -0.2) is 17.8 Å². The third kappa shape index (κ3) is 1.65. The average molecular weight is 245 g/mol. The van der Waals surface area contributed by atoms with Gasteiger partial charge in [-0.05, 0) is 57.0 Å². The molecule has 3 aliphatic rings. The Morgan fingerprint density at radius 3 is 1.88 bits per heavy atom. The highest BCUT2D eigenvalue weighted by atomic mass is 35.5. The van der Waals surface area contributed by atoms with Crippen LogP contribution in [0.3, 0.4) is 0 Å². The Bertz CT molecular complexity index is 300. The van der Waals surface area contributed by atoms with Gasteiger partial charge in [-0.3, -0.25) is 9.59 Å². The molecule has 3 fully saturated rings. The zero-order valence-corrected chi connectivity index (χ0v) is 10.3. The predicted molar refractivity (Wildman–Crippen MR) is 60.1 cm³/mol. The highest BCUT2D eigenvalue weighted by Crippen LogP contribution is 2.58. The van der Waals surface area contributed by atoms with Crippen molar-refractivity contribution < 1.29 is 14.3 Å². The predicted octanol–water partition coefficient (Wildman–Crippen LogP) is 2.66. The second-order valence-corrected chi connectivity index (χ2v) is 5.40. The van der Waals surface area contributed by atoms with Crippen molar-refractivity contribution in [2.75, 3.05) is 6.61 Å². The molecule has 0 radical (unpaired) electrons. The van der Waals surface area contributed by atoms with Crippen LogP contribution < -0.4 is 0 Å². The van der Waals surface area contributed by atoms with Gasteiger partial charge in [0.05, 0.1) is 12.0 Å². The summed E-state index contributed by atoms with van der Waals surface area (Å²) in [6, 6.07) is 0. The summed E-state index contributed by atoms with van der Waals surface area (Å²) in [5.74, 6) is -0.0784. The van der Waals surface area contributed by atoms with Gasteiger partial charge in [0.25, 0.3) is 0 Å². The molecule has 3 nitrogen and oxygen atoms in total. The van der Waals surface area contributed by atoms with Gasteiger partial charge in [-0.15, -0.1) is 0 Å². The summed E-state index contributed by atoms with van der Waals surface area (Å²) < 4.78 is 5.14. The average Bonchev–Trinajstić information content (AvgIpc) is 2.31. The lowest BCUT2D eigenvalue weighted by Crippen LogP contribution is -2.48. The Morgan fingerprint density at radius 2 is 1.50 bits per heavy atom. The molecule has 0 unspecified atom stereocenters. The summed E-state index contributed by atoms with van der Waals surface area (Å²) in [5, 5.41) is -0.218. The first kappa shape index (κ1) is 11.9. The van der Waals surface area contributed by atoms with Crippen molar-refractivity contribution in [2.45, 2.75) is 45.4 Å². The molecule has 0 spiro atoms. The van der Waals surface area contributed by atoms with Crippen LogP contribution >= 0.6 is 11.6 Å². The van der Waals surface area contributed by atoms with Crippen molar-refractivity contribution in [3.63, 3.8) is 0 Å². The first-order valence-electron chi connectivity index (χ1n) is 5.92. The maximum absolute atomic E-state index is 11.9. The molecule has 0 aromatic rings. The van der Waals surface area contributed by atoms with Crippen LogP contribution in [0.4, 0.5) is 0 Å². The fraction of sp³-hybridized carbons (Fsp3) is 0.833. The third-order valence-corrected chi connectivity index (χ3v) is 4.77. The Balaban J connectivity index is 2.11. The van der Waals surface area contributed by atoms with Crippen LogP contribution in [0.25, 0.3) is 0 Å². The number of halogens is 1. The maximum Gasteiger partial charge on any atom is 0.312 e. The molecule has 3 saturated carbocycles. The van der Waals surface area contributed by atoms with Crippen molar-refractivity contribution in [1.29, 1.82) is 0 Å². The number of hydrogen-bond acceptors (Lipinski definition) is 3. The first-order chi connectivity index (χ1) is 7.55. The van der Waals surface area contributed by atoms with E-state index < -0.39 is 0 Å². The van der Waals surface area contributed by atoms with Crippen molar-refractivity contribution >= 4 is 22.8 Å². The summed E-state index contributed by atoms with van der Waals surface area (Å²) in [6.07, 6.45) is 4.50. The van der Waals surface area contributed by atoms with Crippen molar-refractivity contribution in [3.8, 4) is 0 Å². The molecule has 16 heavy (non-hydrogen) atoms. The minimum Gasteiger partial charge on any atom is -0.466 e. The summed E-state index contributed by atoms with van der Waals surface area (Å²) in [4.78, 5) is 23.3. The monoisotopic (exact) mass is 244 g/mol. The minimum absolute atomic E-state index is 0.0784. The molecule has 3 rings (SSSR count). The van der Waals surface area contributed by atoms with Gasteiger partial charge in [0.1, 0.15) is 0 Å². The van der Waals surface area contributed by atoms with Crippen LogP contribution in [0.5, 0.6) is 0 Å². The highest BCUT2D eigenvalue weighted by molar-refractivity contribution is 6.64. The van der Waals surface area contributed by atoms with E-state index in [1.807, 2.05) is 6.92 Å². The Kier molecular flexibility index (Phi) is 2.99. The van der Waals surface area contributed by atoms with Crippen molar-refractivity contribution in [2.24, 2.45) is 10.8 Å². The van der Waals surface area contributed by atoms with Gasteiger partial charge >= 0.3 is 5.97 Å². The van der Waals surface area contributed by atoms with Crippen LogP contribution in [-0.2, 0) is 14.3 Å². The normalized spacial score (nSPS) is 37.1. The molecule has 0 aromatic carbocycles. The van der Waals surface area contributed by atoms with Gasteiger partial charge in [0.15, 0.2) is 0 Å². The lowest BCUT2D eigenvalue weighted by Gasteiger charge is -2.49. The summed E-state index contributed by atoms with van der Waals surface area (Å²) in [6.45, 7) is 2.26. The molecule has 0 saturated heterocycles. The van der Waals surface area contributed by atoms with Gasteiger partial charge in [-0.1, -0.05) is 0 Å². The van der Waals surface area contributed by atoms with Gasteiger partial charge in [0.2, 0.25) is 5.24 Å². The van der Waals surface area contributed by atoms with Crippen LogP contribution in [0.1, 0.15) is 45.4 Å². The molecule has 4 heteroatoms. The fourth-order valence-corrected chi connectivity index (χ4v) is 3.35. The van der Waals surface area contributed by atoms with E-state index in [1.54, 1.807) is 0 Å². The molecular weight excluding hydrogens is 228 g/mol. The lowest BCUT2D eigenvalue weighted by molar-refractivity contribution is -0.166. The third-order valence-electron chi connectivity index (χ3n) is 4.37. The van der Waals surface area contributed by atoms with Crippen LogP contribution in [0.2, 0.25) is 0 Å². The SMILES string of the molecule is CCOC(=O)C12CCC(C(=O)Cl)(CC1)CC2. The van der Waals surface area contributed by atoms with Crippen LogP contribution in [0, 0.1) is 10.8 Å². The first-order valence-corrected chi connectivity index (χ1v) is 6.30. The van der Waals surface area contributed by atoms with Gasteiger partial charge in [0, 0.05) is 5.41 Å². The van der Waals surface area contributed by atoms with Gasteiger partial charge in [-0.25, -0.2) is 0 Å². The number of fused-ring (bicyclic) bond motifs is 3. The molecular formula is C12H17ClO3. The van der Waals surface area contributed by atoms with Gasteiger partial charge in [-0.2, -0.15) is 0 Å². The number of hydrogen-bond donors (Lipinski definition) is 0. The molecule has 0 heterocycles. The molecule has 0 aliphatic heterocycles. The zero-order valence-electron chi connectivity index (χ0n) is 9.55.